The Morgan fingerprint density at radius 3 is 2.38 bits per heavy atom. The van der Waals surface area contributed by atoms with Crippen LogP contribution in [-0.2, 0) is 28.7 Å². The molecule has 1 saturated carbocycles. The van der Waals surface area contributed by atoms with Crippen molar-refractivity contribution < 1.29 is 19.1 Å². The van der Waals surface area contributed by atoms with E-state index in [2.05, 4.69) is 52.2 Å². The maximum Gasteiger partial charge on any atom is 0.329 e. The molecule has 13 nitrogen and oxygen atoms in total. The molecule has 0 bridgehead atoms. The van der Waals surface area contributed by atoms with Crippen LogP contribution in [0.25, 0.3) is 11.0 Å². The van der Waals surface area contributed by atoms with Crippen LogP contribution in [0, 0.1) is 22.7 Å². The van der Waals surface area contributed by atoms with Gasteiger partial charge in [-0.1, -0.05) is 43.6 Å². The van der Waals surface area contributed by atoms with E-state index in [0.717, 1.165) is 104 Å². The second-order valence-electron chi connectivity index (χ2n) is 18.7. The number of carbonyl (C=O) groups excluding carboxylic acids is 2. The lowest BCUT2D eigenvalue weighted by Gasteiger charge is -2.53. The Labute approximate surface area is 373 Å². The highest BCUT2D eigenvalue weighted by Gasteiger charge is 2.46. The Balaban J connectivity index is 0.729. The lowest BCUT2D eigenvalue weighted by molar-refractivity contribution is -0.135. The van der Waals surface area contributed by atoms with E-state index in [-0.39, 0.29) is 18.0 Å². The first kappa shape index (κ1) is 42.6. The molecule has 5 aromatic rings. The first-order valence-corrected chi connectivity index (χ1v) is 22.6. The van der Waals surface area contributed by atoms with E-state index in [1.165, 1.54) is 25.5 Å². The number of benzene rings is 3. The highest BCUT2D eigenvalue weighted by atomic mass is 35.5. The number of methoxy groups -OCH3 is 1. The van der Waals surface area contributed by atoms with E-state index in [9.17, 15) is 19.6 Å². The van der Waals surface area contributed by atoms with Crippen LogP contribution < -0.4 is 25.4 Å². The van der Waals surface area contributed by atoms with E-state index >= 15 is 0 Å². The number of aromatic nitrogens is 4. The predicted octanol–water partition coefficient (Wildman–Crippen LogP) is 7.42. The summed E-state index contributed by atoms with van der Waals surface area (Å²) >= 11 is 6.47. The SMILES string of the molecule is COc1c(Cl)cc(C(C)(C)c2ccc(OCc3ccnc(N4CCC5(CC4)CC(CN4CCC(c6ccc7c(c6)n(C)c(=O)n7C6CCC(=O)NC6=O)CC4)C5)n3)cc2)cc1C#N. The van der Waals surface area contributed by atoms with Crippen LogP contribution in [0.5, 0.6) is 11.5 Å². The molecule has 3 saturated heterocycles. The lowest BCUT2D eigenvalue weighted by Crippen LogP contribution is -2.50. The van der Waals surface area contributed by atoms with Gasteiger partial charge in [-0.3, -0.25) is 24.0 Å². The van der Waals surface area contributed by atoms with E-state index < -0.39 is 17.4 Å². The summed E-state index contributed by atoms with van der Waals surface area (Å²) in [7, 11) is 3.28. The van der Waals surface area contributed by atoms with Gasteiger partial charge in [0, 0.05) is 44.7 Å². The molecule has 2 amide bonds. The minimum atomic E-state index is -0.670. The summed E-state index contributed by atoms with van der Waals surface area (Å²) in [6, 6.07) is 21.4. The predicted molar refractivity (Wildman–Crippen MR) is 241 cm³/mol. The number of fused-ring (bicyclic) bond motifs is 1. The van der Waals surface area contributed by atoms with Crippen molar-refractivity contribution in [2.45, 2.75) is 89.2 Å². The Morgan fingerprint density at radius 1 is 0.937 bits per heavy atom. The minimum absolute atomic E-state index is 0.226. The smallest absolute Gasteiger partial charge is 0.329 e. The molecule has 3 aromatic carbocycles. The number of ether oxygens (including phenoxy) is 2. The van der Waals surface area contributed by atoms with Gasteiger partial charge in [-0.05, 0) is 134 Å². The van der Waals surface area contributed by atoms with Crippen molar-refractivity contribution >= 4 is 40.4 Å². The zero-order chi connectivity index (χ0) is 44.0. The summed E-state index contributed by atoms with van der Waals surface area (Å²) in [5.41, 5.74) is 5.84. The van der Waals surface area contributed by atoms with Gasteiger partial charge in [0.2, 0.25) is 17.8 Å². The molecule has 1 atom stereocenters. The summed E-state index contributed by atoms with van der Waals surface area (Å²) in [6.07, 6.45) is 9.46. The van der Waals surface area contributed by atoms with E-state index in [4.69, 9.17) is 26.1 Å². The van der Waals surface area contributed by atoms with Gasteiger partial charge in [-0.15, -0.1) is 0 Å². The van der Waals surface area contributed by atoms with Gasteiger partial charge in [0.1, 0.15) is 24.5 Å². The molecule has 9 rings (SSSR count). The molecule has 63 heavy (non-hydrogen) atoms. The van der Waals surface area contributed by atoms with Crippen molar-refractivity contribution in [1.29, 1.82) is 5.26 Å². The number of imide groups is 1. The van der Waals surface area contributed by atoms with Crippen LogP contribution in [0.2, 0.25) is 5.02 Å². The number of piperidine rings is 3. The summed E-state index contributed by atoms with van der Waals surface area (Å²) < 4.78 is 14.7. The quantitative estimate of drug-likeness (QED) is 0.133. The number of nitrogens with one attached hydrogen (secondary N) is 1. The monoisotopic (exact) mass is 870 g/mol. The number of nitriles is 1. The van der Waals surface area contributed by atoms with Gasteiger partial charge in [0.15, 0.2) is 5.75 Å². The average molecular weight is 871 g/mol. The zero-order valence-corrected chi connectivity index (χ0v) is 37.3. The second-order valence-corrected chi connectivity index (χ2v) is 19.1. The van der Waals surface area contributed by atoms with Gasteiger partial charge in [0.25, 0.3) is 0 Å². The highest BCUT2D eigenvalue weighted by molar-refractivity contribution is 6.32. The number of aryl methyl sites for hydroxylation is 1. The van der Waals surface area contributed by atoms with Crippen LogP contribution in [0.15, 0.2) is 71.7 Å². The van der Waals surface area contributed by atoms with Gasteiger partial charge in [-0.2, -0.15) is 5.26 Å². The number of anilines is 1. The Kier molecular flexibility index (Phi) is 11.6. The zero-order valence-electron chi connectivity index (χ0n) is 36.5. The van der Waals surface area contributed by atoms with Gasteiger partial charge >= 0.3 is 5.69 Å². The fourth-order valence-electron chi connectivity index (χ4n) is 10.7. The molecule has 1 aliphatic carbocycles. The van der Waals surface area contributed by atoms with Crippen molar-refractivity contribution in [2.24, 2.45) is 18.4 Å². The minimum Gasteiger partial charge on any atom is -0.494 e. The molecule has 0 radical (unpaired) electrons. The van der Waals surface area contributed by atoms with Crippen molar-refractivity contribution in [3.05, 3.63) is 110 Å². The van der Waals surface area contributed by atoms with Gasteiger partial charge < -0.3 is 19.3 Å². The maximum atomic E-state index is 13.3. The number of carbonyl (C=O) groups is 2. The number of imidazole rings is 1. The first-order chi connectivity index (χ1) is 30.3. The van der Waals surface area contributed by atoms with Crippen molar-refractivity contribution in [3.8, 4) is 17.6 Å². The standard InChI is InChI=1S/C49H55ClN8O5/c1-48(2,36-23-34(28-51)44(62-4)39(50)25-36)35-6-8-38(9-7-35)63-30-37-13-18-52-46(53-37)57-21-16-49(17-22-57)26-31(27-49)29-56-19-14-32(15-20-56)33-5-10-40-42(24-33)55(3)47(61)58(40)41-11-12-43(59)54-45(41)60/h5-10,13,18,23-25,31-32,41H,11-12,14-17,19-22,26-27,29-30H2,1-4H3,(H,54,59,60). The molecule has 5 heterocycles. The van der Waals surface area contributed by atoms with Crippen LogP contribution in [0.4, 0.5) is 5.95 Å². The van der Waals surface area contributed by atoms with E-state index in [1.54, 1.807) is 16.2 Å². The first-order valence-electron chi connectivity index (χ1n) is 22.2. The highest BCUT2D eigenvalue weighted by Crippen LogP contribution is 2.53. The number of nitrogens with zero attached hydrogens (tertiary/aromatic N) is 7. The van der Waals surface area contributed by atoms with Crippen molar-refractivity contribution in [3.63, 3.8) is 0 Å². The number of hydrogen-bond acceptors (Lipinski definition) is 10. The largest absolute Gasteiger partial charge is 0.494 e. The van der Waals surface area contributed by atoms with Crippen LogP contribution in [-0.4, -0.2) is 75.7 Å². The molecule has 14 heteroatoms. The third kappa shape index (κ3) is 8.31. The molecule has 1 spiro atoms. The Bertz CT molecular complexity index is 2640. The topological polar surface area (TPSA) is 148 Å². The fraction of sp³-hybridized carbons (Fsp3) is 0.469. The summed E-state index contributed by atoms with van der Waals surface area (Å²) in [5, 5.41) is 12.5. The molecule has 3 aliphatic heterocycles. The van der Waals surface area contributed by atoms with Crippen LogP contribution in [0.3, 0.4) is 0 Å². The summed E-state index contributed by atoms with van der Waals surface area (Å²) in [4.78, 5) is 52.1. The van der Waals surface area contributed by atoms with Gasteiger partial charge in [-0.25, -0.2) is 14.8 Å². The van der Waals surface area contributed by atoms with Crippen molar-refractivity contribution in [2.75, 3.05) is 44.7 Å². The fourth-order valence-corrected chi connectivity index (χ4v) is 11.0. The average Bonchev–Trinajstić information content (AvgIpc) is 3.53. The molecule has 2 aromatic heterocycles. The molecule has 1 unspecified atom stereocenters. The van der Waals surface area contributed by atoms with Gasteiger partial charge in [0.05, 0.1) is 34.4 Å². The second kappa shape index (κ2) is 17.1. The molecule has 4 aliphatic rings. The van der Waals surface area contributed by atoms with Crippen LogP contribution in [0.1, 0.15) is 105 Å². The van der Waals surface area contributed by atoms with Crippen LogP contribution >= 0.6 is 11.6 Å². The number of rotatable bonds is 11. The van der Waals surface area contributed by atoms with Crippen molar-refractivity contribution in [1.82, 2.24) is 29.3 Å². The van der Waals surface area contributed by atoms with E-state index in [0.29, 0.717) is 40.7 Å². The molecule has 328 valence electrons. The number of halogens is 1. The Hall–Kier alpha value is -5.71. The normalized spacial score (nSPS) is 19.8. The lowest BCUT2D eigenvalue weighted by atomic mass is 9.57. The third-order valence-corrected chi connectivity index (χ3v) is 14.8. The molecular formula is C49H55ClN8O5. The molecule has 4 fully saturated rings. The Morgan fingerprint density at radius 2 is 1.68 bits per heavy atom. The number of hydrogen-bond donors (Lipinski definition) is 1. The summed E-state index contributed by atoms with van der Waals surface area (Å²) in [6.45, 7) is 9.77. The summed E-state index contributed by atoms with van der Waals surface area (Å²) in [5.74, 6) is 2.38. The molecular weight excluding hydrogens is 816 g/mol. The number of likely N-dealkylation sites (tertiary alicyclic amines) is 1. The number of amides is 2. The third-order valence-electron chi connectivity index (χ3n) is 14.5. The van der Waals surface area contributed by atoms with E-state index in [1.807, 2.05) is 54.7 Å². The maximum absolute atomic E-state index is 13.3. The molecule has 1 N–H and O–H groups in total.